The second-order valence-electron chi connectivity index (χ2n) is 9.16. The van der Waals surface area contributed by atoms with E-state index in [2.05, 4.69) is 25.7 Å². The van der Waals surface area contributed by atoms with Gasteiger partial charge in [-0.2, -0.15) is 4.98 Å². The number of pyridine rings is 2. The van der Waals surface area contributed by atoms with E-state index in [9.17, 15) is 18.0 Å². The van der Waals surface area contributed by atoms with Gasteiger partial charge in [0, 0.05) is 30.0 Å². The molecule has 0 radical (unpaired) electrons. The molecule has 0 spiro atoms. The number of sulfone groups is 1. The molecule has 1 amide bonds. The van der Waals surface area contributed by atoms with E-state index < -0.39 is 21.2 Å². The van der Waals surface area contributed by atoms with E-state index >= 15 is 0 Å². The number of hydrogen-bond acceptors (Lipinski definition) is 9. The van der Waals surface area contributed by atoms with Gasteiger partial charge in [0.25, 0.3) is 5.91 Å². The summed E-state index contributed by atoms with van der Waals surface area (Å²) >= 11 is 0. The number of hydroxylamine groups is 1. The Morgan fingerprint density at radius 3 is 2.66 bits per heavy atom. The molecule has 4 aromatic rings. The lowest BCUT2D eigenvalue weighted by atomic mass is 10.1. The monoisotopic (exact) mass is 534 g/mol. The third kappa shape index (κ3) is 5.41. The van der Waals surface area contributed by atoms with Crippen molar-refractivity contribution in [2.24, 2.45) is 0 Å². The van der Waals surface area contributed by atoms with Gasteiger partial charge in [0.2, 0.25) is 11.4 Å². The molecule has 0 aliphatic heterocycles. The Balaban J connectivity index is 1.54. The highest BCUT2D eigenvalue weighted by atomic mass is 32.2. The zero-order valence-electron chi connectivity index (χ0n) is 20.9. The van der Waals surface area contributed by atoms with Gasteiger partial charge >= 0.3 is 0 Å². The molecule has 0 saturated heterocycles. The molecule has 1 aliphatic rings. The van der Waals surface area contributed by atoms with E-state index in [1.165, 1.54) is 25.8 Å². The van der Waals surface area contributed by atoms with Gasteiger partial charge in [0.15, 0.2) is 5.65 Å². The second kappa shape index (κ2) is 10.3. The number of benzene rings is 1. The molecule has 0 atom stereocenters. The van der Waals surface area contributed by atoms with Crippen molar-refractivity contribution in [2.75, 3.05) is 24.4 Å². The number of nitrogens with zero attached hydrogens (tertiary/aromatic N) is 4. The van der Waals surface area contributed by atoms with Crippen LogP contribution in [0.2, 0.25) is 0 Å². The first kappa shape index (κ1) is 25.5. The van der Waals surface area contributed by atoms with Crippen LogP contribution in [0.1, 0.15) is 33.6 Å². The highest BCUT2D eigenvalue weighted by Gasteiger charge is 2.20. The molecule has 5 rings (SSSR count). The summed E-state index contributed by atoms with van der Waals surface area (Å²) in [6, 6.07) is 9.28. The number of rotatable bonds is 8. The van der Waals surface area contributed by atoms with Crippen molar-refractivity contribution < 1.29 is 18.0 Å². The topological polar surface area (TPSA) is 145 Å². The Bertz CT molecular complexity index is 1700. The number of amides is 1. The van der Waals surface area contributed by atoms with E-state index in [1.54, 1.807) is 22.9 Å². The van der Waals surface area contributed by atoms with Crippen LogP contribution in [-0.4, -0.2) is 53.0 Å². The van der Waals surface area contributed by atoms with E-state index in [1.807, 2.05) is 18.2 Å². The molecule has 3 heterocycles. The third-order valence-electron chi connectivity index (χ3n) is 6.34. The van der Waals surface area contributed by atoms with Crippen LogP contribution in [0.15, 0.2) is 53.7 Å². The minimum absolute atomic E-state index is 0.0764. The first-order valence-corrected chi connectivity index (χ1v) is 14.1. The van der Waals surface area contributed by atoms with Gasteiger partial charge in [0.05, 0.1) is 30.1 Å². The number of carbonyl (C=O) groups excluding carboxylic acids is 1. The maximum atomic E-state index is 13.2. The Hall–Kier alpha value is -4.16. The molecule has 0 saturated carbocycles. The van der Waals surface area contributed by atoms with Crippen LogP contribution in [0.4, 0.5) is 11.6 Å². The van der Waals surface area contributed by atoms with Gasteiger partial charge in [0.1, 0.15) is 15.4 Å². The van der Waals surface area contributed by atoms with Crippen molar-refractivity contribution in [3.8, 4) is 5.69 Å². The van der Waals surface area contributed by atoms with Crippen molar-refractivity contribution in [3.63, 3.8) is 0 Å². The maximum Gasteiger partial charge on any atom is 0.280 e. The van der Waals surface area contributed by atoms with Gasteiger partial charge in [-0.25, -0.2) is 18.9 Å². The van der Waals surface area contributed by atoms with Crippen LogP contribution in [-0.2, 0) is 33.9 Å². The number of hydrogen-bond donors (Lipinski definition) is 2. The molecule has 0 bridgehead atoms. The molecule has 1 aromatic carbocycles. The summed E-state index contributed by atoms with van der Waals surface area (Å²) < 4.78 is 24.5. The van der Waals surface area contributed by atoms with Gasteiger partial charge in [-0.05, 0) is 55.0 Å². The van der Waals surface area contributed by atoms with Gasteiger partial charge < -0.3 is 5.32 Å². The minimum atomic E-state index is -3.05. The molecule has 12 heteroatoms. The van der Waals surface area contributed by atoms with Crippen LogP contribution >= 0.6 is 0 Å². The lowest BCUT2D eigenvalue weighted by Crippen LogP contribution is -2.29. The number of nitrogens with one attached hydrogen (secondary N) is 2. The summed E-state index contributed by atoms with van der Waals surface area (Å²) in [4.78, 5) is 43.9. The molecule has 2 N–H and O–H groups in total. The SMILES string of the molecule is CONC(=O)c1cn(-c2cnc3c(c2)CCC3)c2nc(Nc3ccc(CCS(C)(=O)=O)cc3)ncc2c1=O. The lowest BCUT2D eigenvalue weighted by molar-refractivity contribution is 0.0536. The minimum Gasteiger partial charge on any atom is -0.324 e. The summed E-state index contributed by atoms with van der Waals surface area (Å²) in [6.07, 6.45) is 9.02. The molecular formula is C26H26N6O5S. The number of aryl methyl sites for hydroxylation is 3. The Kier molecular flexibility index (Phi) is 6.91. The summed E-state index contributed by atoms with van der Waals surface area (Å²) in [5, 5.41) is 3.29. The largest absolute Gasteiger partial charge is 0.324 e. The first-order chi connectivity index (χ1) is 18.2. The maximum absolute atomic E-state index is 13.2. The summed E-state index contributed by atoms with van der Waals surface area (Å²) in [5.74, 6) is -0.356. The molecule has 196 valence electrons. The summed E-state index contributed by atoms with van der Waals surface area (Å²) in [6.45, 7) is 0. The number of carbonyl (C=O) groups is 1. The fourth-order valence-electron chi connectivity index (χ4n) is 4.41. The molecule has 0 unspecified atom stereocenters. The predicted molar refractivity (Wildman–Crippen MR) is 143 cm³/mol. The fourth-order valence-corrected chi connectivity index (χ4v) is 5.02. The van der Waals surface area contributed by atoms with Crippen LogP contribution in [0.5, 0.6) is 0 Å². The van der Waals surface area contributed by atoms with Crippen LogP contribution in [0, 0.1) is 0 Å². The van der Waals surface area contributed by atoms with Gasteiger partial charge in [-0.3, -0.25) is 24.0 Å². The van der Waals surface area contributed by atoms with Crippen LogP contribution in [0.25, 0.3) is 16.7 Å². The average Bonchev–Trinajstić information content (AvgIpc) is 3.36. The quantitative estimate of drug-likeness (QED) is 0.325. The second-order valence-corrected chi connectivity index (χ2v) is 11.4. The lowest BCUT2D eigenvalue weighted by Gasteiger charge is -2.14. The number of aromatic nitrogens is 4. The number of anilines is 2. The Morgan fingerprint density at radius 2 is 1.92 bits per heavy atom. The molecule has 11 nitrogen and oxygen atoms in total. The average molecular weight is 535 g/mol. The third-order valence-corrected chi connectivity index (χ3v) is 7.28. The van der Waals surface area contributed by atoms with E-state index in [0.29, 0.717) is 23.4 Å². The summed E-state index contributed by atoms with van der Waals surface area (Å²) in [7, 11) is -1.75. The Morgan fingerprint density at radius 1 is 1.13 bits per heavy atom. The van der Waals surface area contributed by atoms with Crippen molar-refractivity contribution >= 4 is 38.4 Å². The predicted octanol–water partition coefficient (Wildman–Crippen LogP) is 2.29. The highest BCUT2D eigenvalue weighted by Crippen LogP contribution is 2.24. The first-order valence-electron chi connectivity index (χ1n) is 12.0. The van der Waals surface area contributed by atoms with E-state index in [0.717, 1.165) is 36.1 Å². The van der Waals surface area contributed by atoms with Crippen LogP contribution in [0.3, 0.4) is 0 Å². The smallest absolute Gasteiger partial charge is 0.280 e. The molecule has 0 fully saturated rings. The molecule has 3 aromatic heterocycles. The fraction of sp³-hybridized carbons (Fsp3) is 0.269. The van der Waals surface area contributed by atoms with E-state index in [4.69, 9.17) is 4.84 Å². The van der Waals surface area contributed by atoms with Crippen LogP contribution < -0.4 is 16.2 Å². The Labute approximate surface area is 218 Å². The molecular weight excluding hydrogens is 508 g/mol. The molecule has 1 aliphatic carbocycles. The van der Waals surface area contributed by atoms with Gasteiger partial charge in [-0.15, -0.1) is 0 Å². The highest BCUT2D eigenvalue weighted by molar-refractivity contribution is 7.90. The van der Waals surface area contributed by atoms with Crippen molar-refractivity contribution in [1.29, 1.82) is 0 Å². The zero-order valence-corrected chi connectivity index (χ0v) is 21.7. The van der Waals surface area contributed by atoms with Crippen molar-refractivity contribution in [3.05, 3.63) is 81.5 Å². The molecule has 38 heavy (non-hydrogen) atoms. The summed E-state index contributed by atoms with van der Waals surface area (Å²) in [5.41, 5.74) is 6.29. The van der Waals surface area contributed by atoms with Crippen molar-refractivity contribution in [1.82, 2.24) is 25.0 Å². The standard InChI is InChI=1S/C26H26N6O5S/c1-37-31-25(34)21-15-32(19-12-17-4-3-5-22(17)27-13-19)24-20(23(21)33)14-28-26(30-24)29-18-8-6-16(7-9-18)10-11-38(2,35)36/h6-9,12-15H,3-5,10-11H2,1-2H3,(H,31,34)(H,28,29,30). The zero-order chi connectivity index (χ0) is 26.9. The van der Waals surface area contributed by atoms with Gasteiger partial charge in [-0.1, -0.05) is 12.1 Å². The van der Waals surface area contributed by atoms with Crippen molar-refractivity contribution in [2.45, 2.75) is 25.7 Å². The van der Waals surface area contributed by atoms with E-state index in [-0.39, 0.29) is 22.7 Å². The number of fused-ring (bicyclic) bond motifs is 2. The normalized spacial score (nSPS) is 12.9.